The molecule has 1 fully saturated rings. The molecule has 1 aliphatic heterocycles. The van der Waals surface area contributed by atoms with E-state index in [2.05, 4.69) is 44.3 Å². The Labute approximate surface area is 140 Å². The maximum atomic E-state index is 4.59. The van der Waals surface area contributed by atoms with Gasteiger partial charge in [0.2, 0.25) is 0 Å². The van der Waals surface area contributed by atoms with Gasteiger partial charge in [-0.2, -0.15) is 5.10 Å². The zero-order valence-corrected chi connectivity index (χ0v) is 13.8. The molecule has 0 bridgehead atoms. The molecule has 0 spiro atoms. The molecule has 1 aliphatic rings. The molecule has 4 heterocycles. The summed E-state index contributed by atoms with van der Waals surface area (Å²) in [6, 6.07) is 13.1. The molecule has 1 atom stereocenters. The summed E-state index contributed by atoms with van der Waals surface area (Å²) in [5.74, 6) is 0. The molecule has 3 aromatic heterocycles. The maximum Gasteiger partial charge on any atom is 0.0749 e. The highest BCUT2D eigenvalue weighted by Crippen LogP contribution is 2.33. The first-order valence-electron chi connectivity index (χ1n) is 8.13. The predicted molar refractivity (Wildman–Crippen MR) is 93.1 cm³/mol. The Hall–Kier alpha value is -1.98. The van der Waals surface area contributed by atoms with Crippen LogP contribution in [0.15, 0.2) is 48.8 Å². The van der Waals surface area contributed by atoms with Gasteiger partial charge >= 0.3 is 0 Å². The summed E-state index contributed by atoms with van der Waals surface area (Å²) in [6.45, 7) is 2.15. The minimum Gasteiger partial charge on any atom is -0.290 e. The average molecular weight is 324 g/mol. The van der Waals surface area contributed by atoms with Crippen LogP contribution in [-0.4, -0.2) is 26.6 Å². The first kappa shape index (κ1) is 14.6. The van der Waals surface area contributed by atoms with Crippen molar-refractivity contribution in [2.45, 2.75) is 31.8 Å². The number of nitrogens with zero attached hydrogens (tertiary/aromatic N) is 3. The maximum absolute atomic E-state index is 4.59. The van der Waals surface area contributed by atoms with Crippen molar-refractivity contribution >= 4 is 11.3 Å². The number of H-pyrrole nitrogens is 1. The van der Waals surface area contributed by atoms with E-state index in [0.717, 1.165) is 18.8 Å². The van der Waals surface area contributed by atoms with Crippen LogP contribution in [0.4, 0.5) is 0 Å². The summed E-state index contributed by atoms with van der Waals surface area (Å²) < 4.78 is 0. The van der Waals surface area contributed by atoms with E-state index in [0.29, 0.717) is 6.04 Å². The molecule has 1 saturated heterocycles. The van der Waals surface area contributed by atoms with Crippen molar-refractivity contribution in [3.05, 3.63) is 59.4 Å². The number of likely N-dealkylation sites (tertiary alicyclic amines) is 1. The van der Waals surface area contributed by atoms with Crippen LogP contribution in [0.3, 0.4) is 0 Å². The van der Waals surface area contributed by atoms with Crippen LogP contribution < -0.4 is 0 Å². The van der Waals surface area contributed by atoms with E-state index >= 15 is 0 Å². The third kappa shape index (κ3) is 3.21. The van der Waals surface area contributed by atoms with Crippen molar-refractivity contribution in [1.29, 1.82) is 0 Å². The van der Waals surface area contributed by atoms with Gasteiger partial charge in [-0.15, -0.1) is 11.3 Å². The van der Waals surface area contributed by atoms with Crippen LogP contribution in [0.1, 0.15) is 35.9 Å². The van der Waals surface area contributed by atoms with Crippen LogP contribution in [0.5, 0.6) is 0 Å². The molecule has 0 aromatic carbocycles. The molecule has 118 valence electrons. The first-order valence-corrected chi connectivity index (χ1v) is 8.95. The van der Waals surface area contributed by atoms with Crippen molar-refractivity contribution in [3.8, 4) is 10.6 Å². The summed E-state index contributed by atoms with van der Waals surface area (Å²) in [4.78, 5) is 9.82. The fourth-order valence-electron chi connectivity index (χ4n) is 3.29. The number of aromatic nitrogens is 3. The molecule has 0 saturated carbocycles. The molecule has 0 amide bonds. The van der Waals surface area contributed by atoms with E-state index in [4.69, 9.17) is 0 Å². The second-order valence-corrected chi connectivity index (χ2v) is 7.14. The molecule has 3 aromatic rings. The van der Waals surface area contributed by atoms with Crippen LogP contribution >= 0.6 is 11.3 Å². The number of hydrogen-bond donors (Lipinski definition) is 1. The summed E-state index contributed by atoms with van der Waals surface area (Å²) in [5.41, 5.74) is 2.30. The van der Waals surface area contributed by atoms with Crippen molar-refractivity contribution in [3.63, 3.8) is 0 Å². The molecule has 5 heteroatoms. The lowest BCUT2D eigenvalue weighted by Crippen LogP contribution is -2.33. The zero-order valence-electron chi connectivity index (χ0n) is 13.0. The minimum absolute atomic E-state index is 0.447. The normalized spacial score (nSPS) is 19.0. The molecule has 1 unspecified atom stereocenters. The van der Waals surface area contributed by atoms with E-state index in [9.17, 15) is 0 Å². The smallest absolute Gasteiger partial charge is 0.0749 e. The first-order chi connectivity index (χ1) is 11.4. The zero-order chi connectivity index (χ0) is 15.5. The minimum atomic E-state index is 0.447. The lowest BCUT2D eigenvalue weighted by molar-refractivity contribution is 0.138. The van der Waals surface area contributed by atoms with E-state index in [1.54, 1.807) is 6.20 Å². The van der Waals surface area contributed by atoms with E-state index in [1.165, 1.54) is 34.7 Å². The van der Waals surface area contributed by atoms with Crippen molar-refractivity contribution in [2.75, 3.05) is 6.54 Å². The number of piperidine rings is 1. The highest BCUT2D eigenvalue weighted by Gasteiger charge is 2.25. The van der Waals surface area contributed by atoms with Gasteiger partial charge in [0.25, 0.3) is 0 Å². The Morgan fingerprint density at radius 1 is 1.13 bits per heavy atom. The van der Waals surface area contributed by atoms with E-state index < -0.39 is 0 Å². The van der Waals surface area contributed by atoms with Gasteiger partial charge in [-0.05, 0) is 49.7 Å². The summed E-state index contributed by atoms with van der Waals surface area (Å²) >= 11 is 1.85. The Bertz CT molecular complexity index is 735. The number of nitrogens with one attached hydrogen (secondary N) is 1. The number of hydrogen-bond acceptors (Lipinski definition) is 4. The molecule has 0 aliphatic carbocycles. The van der Waals surface area contributed by atoms with Gasteiger partial charge in [-0.1, -0.05) is 12.5 Å². The standard InChI is InChI=1S/C18H20N4S/c1-3-10-19-15(5-1)17-6-2-4-12-22(17)13-14-7-8-18(23-14)16-9-11-20-21-16/h1,3,5,7-11,17H,2,4,6,12-13H2,(H,20,21). The number of rotatable bonds is 4. The van der Waals surface area contributed by atoms with Crippen LogP contribution in [0, 0.1) is 0 Å². The highest BCUT2D eigenvalue weighted by atomic mass is 32.1. The molecule has 23 heavy (non-hydrogen) atoms. The van der Waals surface area contributed by atoms with Gasteiger partial charge in [-0.3, -0.25) is 15.0 Å². The van der Waals surface area contributed by atoms with E-state index in [-0.39, 0.29) is 0 Å². The molecule has 0 radical (unpaired) electrons. The van der Waals surface area contributed by atoms with Gasteiger partial charge < -0.3 is 0 Å². The largest absolute Gasteiger partial charge is 0.290 e. The average Bonchev–Trinajstić information content (AvgIpc) is 3.27. The Morgan fingerprint density at radius 2 is 2.13 bits per heavy atom. The van der Waals surface area contributed by atoms with Crippen LogP contribution in [0.25, 0.3) is 10.6 Å². The van der Waals surface area contributed by atoms with Crippen LogP contribution in [0.2, 0.25) is 0 Å². The number of aromatic amines is 1. The SMILES string of the molecule is c1ccc(C2CCCCN2Cc2ccc(-c3ccn[nH]3)s2)nc1. The van der Waals surface area contributed by atoms with E-state index in [1.807, 2.05) is 29.7 Å². The van der Waals surface area contributed by atoms with Crippen molar-refractivity contribution in [1.82, 2.24) is 20.1 Å². The molecule has 1 N–H and O–H groups in total. The van der Waals surface area contributed by atoms with Gasteiger partial charge in [0.05, 0.1) is 22.3 Å². The molecule has 4 nitrogen and oxygen atoms in total. The predicted octanol–water partition coefficient (Wildman–Crippen LogP) is 4.26. The summed E-state index contributed by atoms with van der Waals surface area (Å²) in [7, 11) is 0. The van der Waals surface area contributed by atoms with Gasteiger partial charge in [0.1, 0.15) is 0 Å². The molecular formula is C18H20N4S. The third-order valence-corrected chi connectivity index (χ3v) is 5.53. The van der Waals surface area contributed by atoms with Gasteiger partial charge in [0, 0.05) is 23.8 Å². The molecule has 4 rings (SSSR count). The van der Waals surface area contributed by atoms with Crippen molar-refractivity contribution < 1.29 is 0 Å². The highest BCUT2D eigenvalue weighted by molar-refractivity contribution is 7.15. The third-order valence-electron chi connectivity index (χ3n) is 4.43. The molecular weight excluding hydrogens is 304 g/mol. The Balaban J connectivity index is 1.52. The second-order valence-electron chi connectivity index (χ2n) is 5.97. The monoisotopic (exact) mass is 324 g/mol. The topological polar surface area (TPSA) is 44.8 Å². The van der Waals surface area contributed by atoms with Crippen molar-refractivity contribution in [2.24, 2.45) is 0 Å². The summed E-state index contributed by atoms with van der Waals surface area (Å²) in [5, 5.41) is 7.08. The lowest BCUT2D eigenvalue weighted by Gasteiger charge is -2.35. The van der Waals surface area contributed by atoms with Gasteiger partial charge in [-0.25, -0.2) is 0 Å². The fourth-order valence-corrected chi connectivity index (χ4v) is 4.30. The number of thiophene rings is 1. The summed E-state index contributed by atoms with van der Waals surface area (Å²) in [6.07, 6.45) is 7.49. The second kappa shape index (κ2) is 6.64. The Kier molecular flexibility index (Phi) is 4.22. The number of pyridine rings is 1. The quantitative estimate of drug-likeness (QED) is 0.780. The lowest BCUT2D eigenvalue weighted by atomic mass is 9.99. The Morgan fingerprint density at radius 3 is 2.96 bits per heavy atom. The van der Waals surface area contributed by atoms with Crippen LogP contribution in [-0.2, 0) is 6.54 Å². The van der Waals surface area contributed by atoms with Gasteiger partial charge in [0.15, 0.2) is 0 Å². The fraction of sp³-hybridized carbons (Fsp3) is 0.333.